The minimum absolute atomic E-state index is 0.414. The molecule has 0 saturated heterocycles. The lowest BCUT2D eigenvalue weighted by atomic mass is 10.4. The first-order valence-corrected chi connectivity index (χ1v) is 8.31. The molecule has 0 atom stereocenters. The van der Waals surface area contributed by atoms with Crippen molar-refractivity contribution >= 4 is 11.8 Å². The van der Waals surface area contributed by atoms with Crippen LogP contribution in [0.15, 0.2) is 17.7 Å². The molecule has 0 bridgehead atoms. The summed E-state index contributed by atoms with van der Waals surface area (Å²) in [5, 5.41) is 16.1. The van der Waals surface area contributed by atoms with Gasteiger partial charge in [0.05, 0.1) is 12.9 Å². The van der Waals surface area contributed by atoms with Gasteiger partial charge >= 0.3 is 0 Å². The highest BCUT2D eigenvalue weighted by molar-refractivity contribution is 7.98. The number of hydrogen-bond acceptors (Lipinski definition) is 6. The van der Waals surface area contributed by atoms with E-state index in [1.54, 1.807) is 11.8 Å². The van der Waals surface area contributed by atoms with Gasteiger partial charge in [0, 0.05) is 30.2 Å². The first kappa shape index (κ1) is 16.0. The van der Waals surface area contributed by atoms with Crippen LogP contribution in [0.5, 0.6) is 0 Å². The van der Waals surface area contributed by atoms with Gasteiger partial charge in [0.15, 0.2) is 0 Å². The number of aromatic nitrogens is 6. The van der Waals surface area contributed by atoms with E-state index in [2.05, 4.69) is 51.2 Å². The minimum atomic E-state index is 0.414. The molecule has 0 radical (unpaired) electrons. The molecule has 2 heterocycles. The summed E-state index contributed by atoms with van der Waals surface area (Å²) in [6, 6.07) is 0.414. The highest BCUT2D eigenvalue weighted by atomic mass is 32.2. The monoisotopic (exact) mass is 309 g/mol. The lowest BCUT2D eigenvalue weighted by molar-refractivity contribution is 0.510. The Hall–Kier alpha value is -1.41. The highest BCUT2D eigenvalue weighted by Gasteiger charge is 2.10. The van der Waals surface area contributed by atoms with E-state index in [4.69, 9.17) is 0 Å². The predicted molar refractivity (Wildman–Crippen MR) is 83.2 cm³/mol. The van der Waals surface area contributed by atoms with E-state index >= 15 is 0 Å². The first-order valence-electron chi connectivity index (χ1n) is 7.32. The van der Waals surface area contributed by atoms with Gasteiger partial charge in [-0.2, -0.15) is 0 Å². The molecule has 2 aromatic heterocycles. The normalized spacial score (nSPS) is 11.4. The van der Waals surface area contributed by atoms with Gasteiger partial charge in [-0.3, -0.25) is 0 Å². The maximum Gasteiger partial charge on any atom is 0.209 e. The minimum Gasteiger partial charge on any atom is -0.331 e. The lowest BCUT2D eigenvalue weighted by Gasteiger charge is -2.11. The van der Waals surface area contributed by atoms with Gasteiger partial charge in [0.25, 0.3) is 0 Å². The van der Waals surface area contributed by atoms with Gasteiger partial charge in [0.2, 0.25) is 5.16 Å². The summed E-state index contributed by atoms with van der Waals surface area (Å²) in [4.78, 5) is 4.22. The molecule has 2 rings (SSSR count). The van der Waals surface area contributed by atoms with Crippen molar-refractivity contribution in [2.24, 2.45) is 0 Å². The molecule has 7 nitrogen and oxygen atoms in total. The topological polar surface area (TPSA) is 73.5 Å². The van der Waals surface area contributed by atoms with Gasteiger partial charge in [-0.1, -0.05) is 18.7 Å². The van der Waals surface area contributed by atoms with Crippen molar-refractivity contribution < 1.29 is 0 Å². The van der Waals surface area contributed by atoms with Crippen LogP contribution >= 0.6 is 11.8 Å². The number of hydrogen-bond donors (Lipinski definition) is 1. The Labute approximate surface area is 129 Å². The standard InChI is InChI=1S/C13H23N7S/c1-4-5-14-6-7-20-13(16-17-18-20)21-9-12-8-15-10-19(12)11(2)3/h8,10-11,14H,4-7,9H2,1-3H3. The smallest absolute Gasteiger partial charge is 0.209 e. The van der Waals surface area contributed by atoms with Crippen LogP contribution in [0.3, 0.4) is 0 Å². The van der Waals surface area contributed by atoms with Crippen LogP contribution in [0.25, 0.3) is 0 Å². The van der Waals surface area contributed by atoms with Crippen LogP contribution in [0.1, 0.15) is 38.9 Å². The third-order valence-electron chi connectivity index (χ3n) is 3.08. The van der Waals surface area contributed by atoms with Crippen molar-refractivity contribution in [3.05, 3.63) is 18.2 Å². The molecule has 1 N–H and O–H groups in total. The SMILES string of the molecule is CCCNCCn1nnnc1SCc1cncn1C(C)C. The zero-order valence-corrected chi connectivity index (χ0v) is 13.7. The molecule has 0 amide bonds. The molecule has 0 unspecified atom stereocenters. The zero-order chi connectivity index (χ0) is 15.1. The molecule has 116 valence electrons. The summed E-state index contributed by atoms with van der Waals surface area (Å²) in [6.07, 6.45) is 4.92. The third-order valence-corrected chi connectivity index (χ3v) is 4.07. The molecular weight excluding hydrogens is 286 g/mol. The van der Waals surface area contributed by atoms with Crippen molar-refractivity contribution in [2.45, 2.75) is 50.7 Å². The summed E-state index contributed by atoms with van der Waals surface area (Å²) >= 11 is 1.65. The molecule has 0 aliphatic heterocycles. The van der Waals surface area contributed by atoms with Crippen LogP contribution in [0.2, 0.25) is 0 Å². The second-order valence-electron chi connectivity index (χ2n) is 5.11. The van der Waals surface area contributed by atoms with Crippen LogP contribution in [0, 0.1) is 0 Å². The van der Waals surface area contributed by atoms with Crippen molar-refractivity contribution in [2.75, 3.05) is 13.1 Å². The number of nitrogens with zero attached hydrogens (tertiary/aromatic N) is 6. The molecule has 0 aliphatic rings. The van der Waals surface area contributed by atoms with Crippen LogP contribution in [-0.4, -0.2) is 42.8 Å². The van der Waals surface area contributed by atoms with Gasteiger partial charge in [-0.15, -0.1) is 5.10 Å². The average Bonchev–Trinajstić information content (AvgIpc) is 3.10. The highest BCUT2D eigenvalue weighted by Crippen LogP contribution is 2.21. The van der Waals surface area contributed by atoms with Gasteiger partial charge in [0.1, 0.15) is 0 Å². The molecule has 0 aromatic carbocycles. The number of tetrazole rings is 1. The van der Waals surface area contributed by atoms with E-state index in [9.17, 15) is 0 Å². The number of nitrogens with one attached hydrogen (secondary N) is 1. The van der Waals surface area contributed by atoms with Gasteiger partial charge in [-0.05, 0) is 37.2 Å². The molecule has 0 aliphatic carbocycles. The average molecular weight is 309 g/mol. The summed E-state index contributed by atoms with van der Waals surface area (Å²) < 4.78 is 4.02. The van der Waals surface area contributed by atoms with Crippen molar-refractivity contribution in [3.63, 3.8) is 0 Å². The molecule has 0 saturated carbocycles. The fourth-order valence-electron chi connectivity index (χ4n) is 1.97. The summed E-state index contributed by atoms with van der Waals surface area (Å²) in [6.45, 7) is 9.16. The van der Waals surface area contributed by atoms with Crippen LogP contribution < -0.4 is 5.32 Å². The number of rotatable bonds is 9. The summed E-state index contributed by atoms with van der Waals surface area (Å²) in [7, 11) is 0. The van der Waals surface area contributed by atoms with Gasteiger partial charge < -0.3 is 9.88 Å². The van der Waals surface area contributed by atoms with E-state index in [1.807, 2.05) is 17.2 Å². The van der Waals surface area contributed by atoms with E-state index in [0.717, 1.165) is 37.0 Å². The second-order valence-corrected chi connectivity index (χ2v) is 6.05. The van der Waals surface area contributed by atoms with Crippen LogP contribution in [0.4, 0.5) is 0 Å². The fourth-order valence-corrected chi connectivity index (χ4v) is 2.85. The Kier molecular flexibility index (Phi) is 6.19. The number of thioether (sulfide) groups is 1. The molecular formula is C13H23N7S. The van der Waals surface area contributed by atoms with Gasteiger partial charge in [-0.25, -0.2) is 9.67 Å². The van der Waals surface area contributed by atoms with E-state index in [1.165, 1.54) is 5.69 Å². The van der Waals surface area contributed by atoms with Crippen molar-refractivity contribution in [1.82, 2.24) is 35.1 Å². The third kappa shape index (κ3) is 4.53. The zero-order valence-electron chi connectivity index (χ0n) is 12.9. The Bertz CT molecular complexity index is 534. The molecule has 0 fully saturated rings. The van der Waals surface area contributed by atoms with Crippen molar-refractivity contribution in [1.29, 1.82) is 0 Å². The Balaban J connectivity index is 1.88. The molecule has 8 heteroatoms. The van der Waals surface area contributed by atoms with E-state index in [-0.39, 0.29) is 0 Å². The maximum absolute atomic E-state index is 4.22. The molecule has 0 spiro atoms. The second kappa shape index (κ2) is 8.14. The van der Waals surface area contributed by atoms with E-state index in [0.29, 0.717) is 6.04 Å². The van der Waals surface area contributed by atoms with Crippen LogP contribution in [-0.2, 0) is 12.3 Å². The summed E-state index contributed by atoms with van der Waals surface area (Å²) in [5.74, 6) is 0.820. The predicted octanol–water partition coefficient (Wildman–Crippen LogP) is 1.74. The van der Waals surface area contributed by atoms with Crippen molar-refractivity contribution in [3.8, 4) is 0 Å². The quantitative estimate of drug-likeness (QED) is 0.562. The largest absolute Gasteiger partial charge is 0.331 e. The molecule has 21 heavy (non-hydrogen) atoms. The maximum atomic E-state index is 4.22. The lowest BCUT2D eigenvalue weighted by Crippen LogP contribution is -2.21. The Morgan fingerprint density at radius 3 is 2.95 bits per heavy atom. The van der Waals surface area contributed by atoms with E-state index < -0.39 is 0 Å². The first-order chi connectivity index (χ1) is 10.2. The fraction of sp³-hybridized carbons (Fsp3) is 0.692. The Morgan fingerprint density at radius 2 is 2.19 bits per heavy atom. The summed E-state index contributed by atoms with van der Waals surface area (Å²) in [5.41, 5.74) is 1.19. The number of imidazole rings is 1. The Morgan fingerprint density at radius 1 is 1.33 bits per heavy atom. The molecule has 2 aromatic rings.